The Labute approximate surface area is 218 Å². The van der Waals surface area contributed by atoms with Gasteiger partial charge in [-0.2, -0.15) is 5.26 Å². The maximum atomic E-state index is 13.9. The summed E-state index contributed by atoms with van der Waals surface area (Å²) in [4.78, 5) is 29.1. The van der Waals surface area contributed by atoms with Crippen LogP contribution in [0.2, 0.25) is 10.0 Å². The number of halogens is 2. The highest BCUT2D eigenvalue weighted by atomic mass is 35.5. The van der Waals surface area contributed by atoms with Crippen LogP contribution in [-0.2, 0) is 14.3 Å². The second-order valence-electron chi connectivity index (χ2n) is 9.91. The van der Waals surface area contributed by atoms with E-state index in [0.717, 1.165) is 0 Å². The van der Waals surface area contributed by atoms with E-state index in [-0.39, 0.29) is 18.4 Å². The minimum atomic E-state index is -0.789. The Morgan fingerprint density at radius 3 is 2.56 bits per heavy atom. The van der Waals surface area contributed by atoms with Crippen molar-refractivity contribution in [2.75, 3.05) is 11.5 Å². The lowest BCUT2D eigenvalue weighted by Gasteiger charge is -2.31. The first kappa shape index (κ1) is 23.3. The van der Waals surface area contributed by atoms with Gasteiger partial charge in [0.15, 0.2) is 0 Å². The average Bonchev–Trinajstić information content (AvgIpc) is 3.44. The van der Waals surface area contributed by atoms with Crippen LogP contribution >= 0.6 is 23.2 Å². The van der Waals surface area contributed by atoms with Gasteiger partial charge in [-0.1, -0.05) is 47.5 Å². The van der Waals surface area contributed by atoms with Crippen LogP contribution in [-0.4, -0.2) is 29.6 Å². The number of carbonyl (C=O) groups excluding carboxylic acids is 2. The van der Waals surface area contributed by atoms with Crippen molar-refractivity contribution in [2.45, 2.75) is 37.4 Å². The van der Waals surface area contributed by atoms with E-state index in [1.54, 1.807) is 30.3 Å². The number of hydrogen-bond acceptors (Lipinski definition) is 5. The van der Waals surface area contributed by atoms with Gasteiger partial charge in [0.2, 0.25) is 11.8 Å². The molecule has 4 atom stereocenters. The molecule has 2 bridgehead atoms. The quantitative estimate of drug-likeness (QED) is 0.390. The third-order valence-electron chi connectivity index (χ3n) is 7.95. The molecule has 6 nitrogen and oxygen atoms in total. The molecule has 0 spiro atoms. The number of imide groups is 1. The number of ether oxygens (including phenoxy) is 2. The number of anilines is 1. The summed E-state index contributed by atoms with van der Waals surface area (Å²) in [5.74, 6) is -1.15. The highest BCUT2D eigenvalue weighted by molar-refractivity contribution is 6.35. The summed E-state index contributed by atoms with van der Waals surface area (Å²) < 4.78 is 12.4. The molecule has 0 saturated carbocycles. The van der Waals surface area contributed by atoms with Crippen LogP contribution in [0.1, 0.15) is 31.7 Å². The lowest BCUT2D eigenvalue weighted by Crippen LogP contribution is -2.43. The number of hydrogen-bond donors (Lipinski definition) is 0. The molecule has 3 aliphatic rings. The fourth-order valence-electron chi connectivity index (χ4n) is 6.35. The summed E-state index contributed by atoms with van der Waals surface area (Å²) in [7, 11) is 0. The largest absolute Gasteiger partial charge is 0.492 e. The Bertz CT molecular complexity index is 1480. The fraction of sp³-hybridized carbons (Fsp3) is 0.321. The van der Waals surface area contributed by atoms with Gasteiger partial charge in [-0.25, -0.2) is 4.90 Å². The summed E-state index contributed by atoms with van der Waals surface area (Å²) >= 11 is 12.2. The number of fused-ring (bicyclic) bond motifs is 6. The number of nitrogens with zero attached hydrogens (tertiary/aromatic N) is 2. The van der Waals surface area contributed by atoms with Crippen LogP contribution in [0.4, 0.5) is 5.69 Å². The second-order valence-corrected chi connectivity index (χ2v) is 10.8. The van der Waals surface area contributed by atoms with Gasteiger partial charge in [0.1, 0.15) is 5.75 Å². The third-order valence-corrected chi connectivity index (χ3v) is 8.48. The molecular weight excluding hydrogens is 499 g/mol. The van der Waals surface area contributed by atoms with Gasteiger partial charge in [0, 0.05) is 22.2 Å². The average molecular weight is 521 g/mol. The van der Waals surface area contributed by atoms with E-state index >= 15 is 0 Å². The number of benzene rings is 3. The summed E-state index contributed by atoms with van der Waals surface area (Å²) in [5, 5.41) is 11.9. The zero-order valence-electron chi connectivity index (χ0n) is 19.5. The molecule has 3 fully saturated rings. The monoisotopic (exact) mass is 520 g/mol. The Balaban J connectivity index is 1.33. The summed E-state index contributed by atoms with van der Waals surface area (Å²) in [6.45, 7) is 2.21. The Kier molecular flexibility index (Phi) is 5.31. The highest BCUT2D eigenvalue weighted by Crippen LogP contribution is 2.62. The van der Waals surface area contributed by atoms with Crippen LogP contribution in [0.3, 0.4) is 0 Å². The van der Waals surface area contributed by atoms with Crippen molar-refractivity contribution in [1.82, 2.24) is 0 Å². The predicted molar refractivity (Wildman–Crippen MR) is 136 cm³/mol. The normalized spacial score (nSPS) is 28.6. The Morgan fingerprint density at radius 1 is 1.06 bits per heavy atom. The molecule has 2 amide bonds. The molecule has 36 heavy (non-hydrogen) atoms. The molecule has 3 saturated heterocycles. The first-order valence-electron chi connectivity index (χ1n) is 11.9. The molecule has 0 radical (unpaired) electrons. The van der Waals surface area contributed by atoms with Gasteiger partial charge in [-0.15, -0.1) is 0 Å². The fourth-order valence-corrected chi connectivity index (χ4v) is 6.81. The van der Waals surface area contributed by atoms with E-state index in [1.165, 1.54) is 4.90 Å². The van der Waals surface area contributed by atoms with Gasteiger partial charge in [0.25, 0.3) is 0 Å². The van der Waals surface area contributed by atoms with E-state index in [0.29, 0.717) is 57.1 Å². The van der Waals surface area contributed by atoms with Crippen molar-refractivity contribution in [1.29, 1.82) is 5.26 Å². The van der Waals surface area contributed by atoms with Crippen LogP contribution < -0.4 is 9.64 Å². The van der Waals surface area contributed by atoms with Gasteiger partial charge >= 0.3 is 0 Å². The highest BCUT2D eigenvalue weighted by Gasteiger charge is 2.73. The van der Waals surface area contributed by atoms with Crippen molar-refractivity contribution >= 4 is 51.5 Å². The van der Waals surface area contributed by atoms with E-state index in [1.807, 2.05) is 31.2 Å². The maximum Gasteiger partial charge on any atom is 0.240 e. The van der Waals surface area contributed by atoms with E-state index < -0.39 is 23.0 Å². The maximum absolute atomic E-state index is 13.9. The van der Waals surface area contributed by atoms with Crippen molar-refractivity contribution < 1.29 is 19.1 Å². The molecule has 182 valence electrons. The number of nitriles is 1. The number of amides is 2. The summed E-state index contributed by atoms with van der Waals surface area (Å²) in [6, 6.07) is 17.9. The SMILES string of the molecule is CC12CCC(CCOc3ccc(Cl)cc3Cl)(O1)C1C(=O)N(c3ccc(C#N)c4ccccc34)C(=O)C12. The standard InChI is InChI=1S/C28H22Cl2N2O4/c1-27-10-11-28(36-27,12-13-35-22-9-7-17(29)14-20(22)30)24-23(27)25(33)32(26(24)34)21-8-6-16(15-31)18-4-2-3-5-19(18)21/h2-9,14,23-24H,10-13H2,1H3. The first-order chi connectivity index (χ1) is 17.3. The summed E-state index contributed by atoms with van der Waals surface area (Å²) in [5.41, 5.74) is -0.496. The molecule has 3 aromatic rings. The van der Waals surface area contributed by atoms with E-state index in [9.17, 15) is 14.9 Å². The molecule has 0 N–H and O–H groups in total. The lowest BCUT2D eigenvalue weighted by molar-refractivity contribution is -0.131. The molecule has 6 rings (SSSR count). The molecule has 3 heterocycles. The van der Waals surface area contributed by atoms with Crippen LogP contribution in [0, 0.1) is 23.2 Å². The Morgan fingerprint density at radius 2 is 1.81 bits per heavy atom. The molecule has 8 heteroatoms. The predicted octanol–water partition coefficient (Wildman–Crippen LogP) is 5.91. The second kappa shape index (κ2) is 8.21. The minimum absolute atomic E-state index is 0.245. The minimum Gasteiger partial charge on any atom is -0.492 e. The summed E-state index contributed by atoms with van der Waals surface area (Å²) in [6.07, 6.45) is 1.81. The van der Waals surface area contributed by atoms with Crippen molar-refractivity contribution in [3.8, 4) is 11.8 Å². The van der Waals surface area contributed by atoms with Crippen LogP contribution in [0.25, 0.3) is 10.8 Å². The Hall–Kier alpha value is -3.11. The zero-order chi connectivity index (χ0) is 25.2. The molecule has 0 aromatic heterocycles. The van der Waals surface area contributed by atoms with Gasteiger partial charge < -0.3 is 9.47 Å². The van der Waals surface area contributed by atoms with Gasteiger partial charge in [-0.05, 0) is 50.1 Å². The molecule has 4 unspecified atom stereocenters. The smallest absolute Gasteiger partial charge is 0.240 e. The lowest BCUT2D eigenvalue weighted by atomic mass is 9.67. The van der Waals surface area contributed by atoms with E-state index in [4.69, 9.17) is 32.7 Å². The van der Waals surface area contributed by atoms with Crippen LogP contribution in [0.5, 0.6) is 5.75 Å². The third kappa shape index (κ3) is 3.27. The zero-order valence-corrected chi connectivity index (χ0v) is 21.0. The van der Waals surface area contributed by atoms with Crippen LogP contribution in [0.15, 0.2) is 54.6 Å². The van der Waals surface area contributed by atoms with E-state index in [2.05, 4.69) is 6.07 Å². The van der Waals surface area contributed by atoms with Crippen molar-refractivity contribution in [3.63, 3.8) is 0 Å². The van der Waals surface area contributed by atoms with Crippen molar-refractivity contribution in [3.05, 3.63) is 70.2 Å². The molecular formula is C28H22Cl2N2O4. The van der Waals surface area contributed by atoms with Gasteiger partial charge in [-0.3, -0.25) is 9.59 Å². The molecule has 0 aliphatic carbocycles. The molecule has 3 aliphatic heterocycles. The number of carbonyl (C=O) groups is 2. The first-order valence-corrected chi connectivity index (χ1v) is 12.6. The van der Waals surface area contributed by atoms with Gasteiger partial charge in [0.05, 0.1) is 52.0 Å². The molecule has 3 aromatic carbocycles. The topological polar surface area (TPSA) is 79.6 Å². The number of rotatable bonds is 5. The van der Waals surface area contributed by atoms with Crippen molar-refractivity contribution in [2.24, 2.45) is 11.8 Å².